The minimum absolute atomic E-state index is 0.752. The highest BCUT2D eigenvalue weighted by Crippen LogP contribution is 2.31. The molecule has 0 bridgehead atoms. The minimum Gasteiger partial charge on any atom is -0.0857 e. The van der Waals surface area contributed by atoms with Gasteiger partial charge in [0.05, 0.1) is 0 Å². The van der Waals surface area contributed by atoms with Gasteiger partial charge in [-0.2, -0.15) is 0 Å². The van der Waals surface area contributed by atoms with Crippen LogP contribution >= 0.6 is 45.2 Å². The van der Waals surface area contributed by atoms with Crippen molar-refractivity contribution in [3.05, 3.63) is 23.3 Å². The Balaban J connectivity index is 2.83. The average molecular weight is 388 g/mol. The first kappa shape index (κ1) is 11.0. The lowest BCUT2D eigenvalue weighted by Crippen LogP contribution is -2.17. The average Bonchev–Trinajstić information content (AvgIpc) is 2.08. The molecule has 0 radical (unpaired) electrons. The summed E-state index contributed by atoms with van der Waals surface area (Å²) in [7, 11) is 0. The number of allylic oxidation sites excluding steroid dienone is 4. The molecule has 0 aromatic carbocycles. The molecule has 1 aliphatic rings. The van der Waals surface area contributed by atoms with Crippen LogP contribution in [0.4, 0.5) is 0 Å². The molecule has 1 rings (SSSR count). The molecular formula is C10H14I2. The van der Waals surface area contributed by atoms with Crippen molar-refractivity contribution in [3.63, 3.8) is 0 Å². The van der Waals surface area contributed by atoms with Gasteiger partial charge in [0.1, 0.15) is 0 Å². The van der Waals surface area contributed by atoms with E-state index in [4.69, 9.17) is 0 Å². The molecule has 2 atom stereocenters. The summed E-state index contributed by atoms with van der Waals surface area (Å²) in [5, 5.41) is 0. The molecule has 0 fully saturated rings. The summed E-state index contributed by atoms with van der Waals surface area (Å²) < 4.78 is 2.42. The molecule has 0 aromatic rings. The molecule has 0 N–H and O–H groups in total. The lowest BCUT2D eigenvalue weighted by Gasteiger charge is -2.25. The van der Waals surface area contributed by atoms with Gasteiger partial charge in [-0.25, -0.2) is 0 Å². The largest absolute Gasteiger partial charge is 0.0857 e. The summed E-state index contributed by atoms with van der Waals surface area (Å²) in [5.41, 5.74) is 3.05. The van der Waals surface area contributed by atoms with Crippen molar-refractivity contribution in [2.45, 2.75) is 13.8 Å². The van der Waals surface area contributed by atoms with E-state index in [0.717, 1.165) is 11.8 Å². The van der Waals surface area contributed by atoms with E-state index in [1.165, 1.54) is 14.4 Å². The lowest BCUT2D eigenvalue weighted by atomic mass is 9.83. The Kier molecular flexibility index (Phi) is 4.57. The van der Waals surface area contributed by atoms with Crippen molar-refractivity contribution in [2.24, 2.45) is 11.8 Å². The second-order valence-electron chi connectivity index (χ2n) is 3.37. The molecule has 0 saturated carbocycles. The Hall–Kier alpha value is 0.940. The number of hydrogen-bond donors (Lipinski definition) is 0. The maximum absolute atomic E-state index is 2.48. The quantitative estimate of drug-likeness (QED) is 0.496. The summed E-state index contributed by atoms with van der Waals surface area (Å²) in [5.74, 6) is 1.52. The zero-order valence-electron chi connectivity index (χ0n) is 7.48. The van der Waals surface area contributed by atoms with Crippen LogP contribution < -0.4 is 0 Å². The molecule has 12 heavy (non-hydrogen) atoms. The highest BCUT2D eigenvalue weighted by Gasteiger charge is 2.20. The zero-order valence-corrected chi connectivity index (χ0v) is 11.8. The van der Waals surface area contributed by atoms with Crippen LogP contribution in [0.5, 0.6) is 0 Å². The van der Waals surface area contributed by atoms with Crippen LogP contribution in [0.1, 0.15) is 13.8 Å². The van der Waals surface area contributed by atoms with Gasteiger partial charge in [-0.05, 0) is 18.8 Å². The Labute approximate surface area is 102 Å². The van der Waals surface area contributed by atoms with E-state index in [1.54, 1.807) is 5.57 Å². The van der Waals surface area contributed by atoms with Crippen LogP contribution in [0.25, 0.3) is 0 Å². The fourth-order valence-electron chi connectivity index (χ4n) is 1.57. The second kappa shape index (κ2) is 4.98. The molecule has 0 aliphatic heterocycles. The van der Waals surface area contributed by atoms with Gasteiger partial charge < -0.3 is 0 Å². The molecule has 68 valence electrons. The van der Waals surface area contributed by atoms with Crippen molar-refractivity contribution in [1.29, 1.82) is 0 Å². The summed E-state index contributed by atoms with van der Waals surface area (Å²) >= 11 is 4.94. The molecule has 0 amide bonds. The van der Waals surface area contributed by atoms with E-state index in [9.17, 15) is 0 Å². The fraction of sp³-hybridized carbons (Fsp3) is 0.600. The SMILES string of the molecule is CC1=CC(CI)C(C)C(CI)=C1. The lowest BCUT2D eigenvalue weighted by molar-refractivity contribution is 0.535. The van der Waals surface area contributed by atoms with Gasteiger partial charge in [-0.15, -0.1) is 0 Å². The zero-order chi connectivity index (χ0) is 9.14. The number of halogens is 2. The molecule has 0 spiro atoms. The van der Waals surface area contributed by atoms with E-state index in [-0.39, 0.29) is 0 Å². The highest BCUT2D eigenvalue weighted by molar-refractivity contribution is 14.1. The molecule has 0 heterocycles. The third-order valence-corrected chi connectivity index (χ3v) is 4.35. The highest BCUT2D eigenvalue weighted by atomic mass is 127. The van der Waals surface area contributed by atoms with Crippen LogP contribution in [-0.2, 0) is 0 Å². The van der Waals surface area contributed by atoms with Crippen molar-refractivity contribution in [1.82, 2.24) is 0 Å². The Morgan fingerprint density at radius 3 is 2.58 bits per heavy atom. The standard InChI is InChI=1S/C10H14I2/c1-7-3-9(5-11)8(2)10(4-7)6-12/h3-4,8-9H,5-6H2,1-2H3. The summed E-state index contributed by atoms with van der Waals surface area (Å²) in [6, 6.07) is 0. The Bertz CT molecular complexity index is 216. The van der Waals surface area contributed by atoms with E-state index in [0.29, 0.717) is 0 Å². The smallest absolute Gasteiger partial charge is 0.0212 e. The predicted molar refractivity (Wildman–Crippen MR) is 72.3 cm³/mol. The number of hydrogen-bond acceptors (Lipinski definition) is 0. The first-order valence-corrected chi connectivity index (χ1v) is 7.25. The van der Waals surface area contributed by atoms with Crippen LogP contribution in [0.3, 0.4) is 0 Å². The van der Waals surface area contributed by atoms with Crippen LogP contribution in [-0.4, -0.2) is 8.86 Å². The van der Waals surface area contributed by atoms with Crippen LogP contribution in [0.15, 0.2) is 23.3 Å². The molecule has 1 aliphatic carbocycles. The second-order valence-corrected chi connectivity index (χ2v) is 5.01. The van der Waals surface area contributed by atoms with E-state index in [2.05, 4.69) is 71.2 Å². The molecule has 2 heteroatoms. The molecule has 0 aromatic heterocycles. The van der Waals surface area contributed by atoms with Crippen LogP contribution in [0, 0.1) is 11.8 Å². The van der Waals surface area contributed by atoms with Crippen molar-refractivity contribution >= 4 is 45.2 Å². The van der Waals surface area contributed by atoms with Gasteiger partial charge in [-0.1, -0.05) is 75.4 Å². The van der Waals surface area contributed by atoms with Gasteiger partial charge >= 0.3 is 0 Å². The van der Waals surface area contributed by atoms with Gasteiger partial charge in [-0.3, -0.25) is 0 Å². The minimum atomic E-state index is 0.752. The molecule has 0 saturated heterocycles. The van der Waals surface area contributed by atoms with Gasteiger partial charge in [0, 0.05) is 8.86 Å². The monoisotopic (exact) mass is 388 g/mol. The summed E-state index contributed by atoms with van der Waals surface area (Å²) in [4.78, 5) is 0. The normalized spacial score (nSPS) is 29.7. The van der Waals surface area contributed by atoms with Crippen LogP contribution in [0.2, 0.25) is 0 Å². The fourth-order valence-corrected chi connectivity index (χ4v) is 3.50. The number of alkyl halides is 2. The van der Waals surface area contributed by atoms with Crippen molar-refractivity contribution < 1.29 is 0 Å². The maximum Gasteiger partial charge on any atom is 0.0212 e. The number of rotatable bonds is 2. The molecule has 0 nitrogen and oxygen atoms in total. The maximum atomic E-state index is 2.48. The first-order chi connectivity index (χ1) is 5.69. The third-order valence-electron chi connectivity index (χ3n) is 2.45. The molecular weight excluding hydrogens is 374 g/mol. The van der Waals surface area contributed by atoms with Gasteiger partial charge in [0.15, 0.2) is 0 Å². The van der Waals surface area contributed by atoms with Gasteiger partial charge in [0.2, 0.25) is 0 Å². The third kappa shape index (κ3) is 2.47. The predicted octanol–water partition coefficient (Wildman–Crippen LogP) is 4.00. The van der Waals surface area contributed by atoms with Gasteiger partial charge in [0.25, 0.3) is 0 Å². The Morgan fingerprint density at radius 1 is 1.42 bits per heavy atom. The summed E-state index contributed by atoms with van der Waals surface area (Å²) in [6.07, 6.45) is 4.76. The topological polar surface area (TPSA) is 0 Å². The molecule has 2 unspecified atom stereocenters. The first-order valence-electron chi connectivity index (χ1n) is 4.20. The van der Waals surface area contributed by atoms with Crippen molar-refractivity contribution in [3.8, 4) is 0 Å². The van der Waals surface area contributed by atoms with Crippen molar-refractivity contribution in [2.75, 3.05) is 8.86 Å². The van der Waals surface area contributed by atoms with E-state index in [1.807, 2.05) is 0 Å². The van der Waals surface area contributed by atoms with E-state index >= 15 is 0 Å². The summed E-state index contributed by atoms with van der Waals surface area (Å²) in [6.45, 7) is 4.55. The van der Waals surface area contributed by atoms with E-state index < -0.39 is 0 Å². The Morgan fingerprint density at radius 2 is 2.08 bits per heavy atom.